The largest absolute Gasteiger partial charge is 0.507 e. The number of halogens is 1. The average Bonchev–Trinajstić information content (AvgIpc) is 2.19. The molecule has 1 N–H and O–H groups in total. The molecule has 0 aliphatic rings. The molecule has 1 aromatic carbocycles. The first-order valence-electron chi connectivity index (χ1n) is 4.17. The van der Waals surface area contributed by atoms with E-state index >= 15 is 0 Å². The van der Waals surface area contributed by atoms with Crippen molar-refractivity contribution >= 4 is 0 Å². The van der Waals surface area contributed by atoms with Crippen LogP contribution in [0, 0.1) is 5.82 Å². The minimum absolute atomic E-state index is 0.0713. The smallest absolute Gasteiger partial charge is 0.134 e. The molecule has 1 aromatic heterocycles. The summed E-state index contributed by atoms with van der Waals surface area (Å²) in [6, 6.07) is 7.62. The van der Waals surface area contributed by atoms with E-state index in [4.69, 9.17) is 0 Å². The first-order valence-corrected chi connectivity index (χ1v) is 4.17. The van der Waals surface area contributed by atoms with Crippen LogP contribution < -0.4 is 0 Å². The second-order valence-corrected chi connectivity index (χ2v) is 2.88. The van der Waals surface area contributed by atoms with Crippen molar-refractivity contribution in [2.75, 3.05) is 0 Å². The maximum absolute atomic E-state index is 13.3. The number of nitrogens with zero attached hydrogens (tertiary/aromatic N) is 1. The van der Waals surface area contributed by atoms with Crippen LogP contribution in [0.3, 0.4) is 0 Å². The molecule has 0 atom stereocenters. The van der Waals surface area contributed by atoms with Gasteiger partial charge in [0, 0.05) is 18.0 Å². The highest BCUT2D eigenvalue weighted by Crippen LogP contribution is 2.30. The lowest BCUT2D eigenvalue weighted by molar-refractivity contribution is 0.472. The fourth-order valence-electron chi connectivity index (χ4n) is 1.31. The molecule has 0 aliphatic heterocycles. The van der Waals surface area contributed by atoms with E-state index in [2.05, 4.69) is 4.98 Å². The van der Waals surface area contributed by atoms with Crippen LogP contribution in [0.4, 0.5) is 4.39 Å². The van der Waals surface area contributed by atoms with Gasteiger partial charge >= 0.3 is 0 Å². The van der Waals surface area contributed by atoms with Crippen LogP contribution in [0.1, 0.15) is 0 Å². The SMILES string of the molecule is Oc1cccc(F)c1-c1cccnc1. The summed E-state index contributed by atoms with van der Waals surface area (Å²) in [6.07, 6.45) is 3.11. The predicted molar refractivity (Wildman–Crippen MR) is 51.3 cm³/mol. The molecule has 0 aliphatic carbocycles. The topological polar surface area (TPSA) is 33.1 Å². The standard InChI is InChI=1S/C11H8FNO/c12-9-4-1-5-10(14)11(9)8-3-2-6-13-7-8/h1-7,14H. The highest BCUT2D eigenvalue weighted by Gasteiger charge is 2.09. The third kappa shape index (κ3) is 1.44. The average molecular weight is 189 g/mol. The van der Waals surface area contributed by atoms with E-state index in [1.54, 1.807) is 18.3 Å². The van der Waals surface area contributed by atoms with Gasteiger partial charge in [-0.2, -0.15) is 0 Å². The molecule has 0 bridgehead atoms. The summed E-state index contributed by atoms with van der Waals surface area (Å²) in [5, 5.41) is 9.48. The first kappa shape index (κ1) is 8.69. The molecule has 70 valence electrons. The molecule has 0 saturated carbocycles. The summed E-state index contributed by atoms with van der Waals surface area (Å²) in [6.45, 7) is 0. The van der Waals surface area contributed by atoms with Crippen molar-refractivity contribution in [3.05, 3.63) is 48.5 Å². The summed E-state index contributed by atoms with van der Waals surface area (Å²) < 4.78 is 13.3. The van der Waals surface area contributed by atoms with E-state index in [0.717, 1.165) is 0 Å². The van der Waals surface area contributed by atoms with E-state index in [1.165, 1.54) is 24.4 Å². The Balaban J connectivity index is 2.63. The van der Waals surface area contributed by atoms with Gasteiger partial charge in [0.2, 0.25) is 0 Å². The van der Waals surface area contributed by atoms with Crippen LogP contribution in [0.5, 0.6) is 5.75 Å². The van der Waals surface area contributed by atoms with Gasteiger partial charge < -0.3 is 5.11 Å². The second kappa shape index (κ2) is 3.46. The quantitative estimate of drug-likeness (QED) is 0.747. The number of pyridine rings is 1. The number of phenols is 1. The number of aromatic nitrogens is 1. The molecule has 2 nitrogen and oxygen atoms in total. The van der Waals surface area contributed by atoms with Crippen LogP contribution >= 0.6 is 0 Å². The van der Waals surface area contributed by atoms with Crippen molar-refractivity contribution in [1.29, 1.82) is 0 Å². The number of phenolic OH excluding ortho intramolecular Hbond substituents is 1. The molecule has 1 heterocycles. The maximum atomic E-state index is 13.3. The van der Waals surface area contributed by atoms with Crippen molar-refractivity contribution < 1.29 is 9.50 Å². The lowest BCUT2D eigenvalue weighted by Gasteiger charge is -2.04. The van der Waals surface area contributed by atoms with E-state index in [9.17, 15) is 9.50 Å². The fraction of sp³-hybridized carbons (Fsp3) is 0. The van der Waals surface area contributed by atoms with Gasteiger partial charge in [0.1, 0.15) is 11.6 Å². The van der Waals surface area contributed by atoms with Gasteiger partial charge in [-0.05, 0) is 18.2 Å². The number of hydrogen-bond donors (Lipinski definition) is 1. The molecule has 2 aromatic rings. The van der Waals surface area contributed by atoms with Crippen LogP contribution in [-0.2, 0) is 0 Å². The molecular formula is C11H8FNO. The second-order valence-electron chi connectivity index (χ2n) is 2.88. The Morgan fingerprint density at radius 2 is 2.00 bits per heavy atom. The Bertz CT molecular complexity index is 422. The molecule has 0 unspecified atom stereocenters. The Hall–Kier alpha value is -1.90. The van der Waals surface area contributed by atoms with Gasteiger partial charge in [0.25, 0.3) is 0 Å². The summed E-state index contributed by atoms with van der Waals surface area (Å²) >= 11 is 0. The van der Waals surface area contributed by atoms with Crippen molar-refractivity contribution in [2.45, 2.75) is 0 Å². The zero-order chi connectivity index (χ0) is 9.97. The Labute approximate surface area is 80.7 Å². The first-order chi connectivity index (χ1) is 6.79. The molecule has 3 heteroatoms. The Morgan fingerprint density at radius 3 is 2.64 bits per heavy atom. The fourth-order valence-corrected chi connectivity index (χ4v) is 1.31. The van der Waals surface area contributed by atoms with Crippen LogP contribution in [0.25, 0.3) is 11.1 Å². The number of hydrogen-bond acceptors (Lipinski definition) is 2. The maximum Gasteiger partial charge on any atom is 0.134 e. The van der Waals surface area contributed by atoms with Crippen LogP contribution in [0.2, 0.25) is 0 Å². The van der Waals surface area contributed by atoms with Crippen molar-refractivity contribution in [1.82, 2.24) is 4.98 Å². The third-order valence-corrected chi connectivity index (χ3v) is 1.94. The Kier molecular flexibility index (Phi) is 2.14. The molecule has 0 radical (unpaired) electrons. The van der Waals surface area contributed by atoms with Crippen LogP contribution in [-0.4, -0.2) is 10.1 Å². The van der Waals surface area contributed by atoms with Crippen molar-refractivity contribution in [3.63, 3.8) is 0 Å². The summed E-state index contributed by atoms with van der Waals surface area (Å²) in [5.41, 5.74) is 0.767. The van der Waals surface area contributed by atoms with Crippen molar-refractivity contribution in [3.8, 4) is 16.9 Å². The zero-order valence-electron chi connectivity index (χ0n) is 7.31. The minimum Gasteiger partial charge on any atom is -0.507 e. The molecular weight excluding hydrogens is 181 g/mol. The summed E-state index contributed by atoms with van der Waals surface area (Å²) in [5.74, 6) is -0.518. The summed E-state index contributed by atoms with van der Waals surface area (Å²) in [7, 11) is 0. The summed E-state index contributed by atoms with van der Waals surface area (Å²) in [4.78, 5) is 3.87. The number of rotatable bonds is 1. The van der Waals surface area contributed by atoms with E-state index < -0.39 is 5.82 Å². The van der Waals surface area contributed by atoms with Gasteiger partial charge in [0.15, 0.2) is 0 Å². The minimum atomic E-state index is -0.446. The van der Waals surface area contributed by atoms with Gasteiger partial charge in [-0.25, -0.2) is 4.39 Å². The predicted octanol–water partition coefficient (Wildman–Crippen LogP) is 2.59. The normalized spacial score (nSPS) is 10.1. The van der Waals surface area contributed by atoms with E-state index in [1.807, 2.05) is 0 Å². The van der Waals surface area contributed by atoms with Gasteiger partial charge in [-0.1, -0.05) is 12.1 Å². The van der Waals surface area contributed by atoms with Gasteiger partial charge in [-0.15, -0.1) is 0 Å². The molecule has 0 spiro atoms. The molecule has 0 amide bonds. The Morgan fingerprint density at radius 1 is 1.14 bits per heavy atom. The van der Waals surface area contributed by atoms with E-state index in [-0.39, 0.29) is 11.3 Å². The monoisotopic (exact) mass is 189 g/mol. The lowest BCUT2D eigenvalue weighted by atomic mass is 10.1. The molecule has 14 heavy (non-hydrogen) atoms. The molecule has 0 fully saturated rings. The van der Waals surface area contributed by atoms with Crippen molar-refractivity contribution in [2.24, 2.45) is 0 Å². The highest BCUT2D eigenvalue weighted by molar-refractivity contribution is 5.69. The molecule has 0 saturated heterocycles. The van der Waals surface area contributed by atoms with Gasteiger partial charge in [0.05, 0.1) is 5.56 Å². The lowest BCUT2D eigenvalue weighted by Crippen LogP contribution is -1.85. The van der Waals surface area contributed by atoms with Crippen LogP contribution in [0.15, 0.2) is 42.7 Å². The van der Waals surface area contributed by atoms with E-state index in [0.29, 0.717) is 5.56 Å². The zero-order valence-corrected chi connectivity index (χ0v) is 7.31. The van der Waals surface area contributed by atoms with Gasteiger partial charge in [-0.3, -0.25) is 4.98 Å². The third-order valence-electron chi connectivity index (χ3n) is 1.94. The molecule has 2 rings (SSSR count). The number of benzene rings is 1. The number of aromatic hydroxyl groups is 1. The highest BCUT2D eigenvalue weighted by atomic mass is 19.1.